The summed E-state index contributed by atoms with van der Waals surface area (Å²) in [6, 6.07) is 2.80. The largest absolute Gasteiger partial charge is 0.382 e. The monoisotopic (exact) mass is 379 g/mol. The maximum atomic E-state index is 14.4. The van der Waals surface area contributed by atoms with Crippen molar-refractivity contribution in [3.8, 4) is 0 Å². The number of nitrogens with zero attached hydrogens (tertiary/aromatic N) is 5. The van der Waals surface area contributed by atoms with Gasteiger partial charge in [-0.3, -0.25) is 0 Å². The van der Waals surface area contributed by atoms with Crippen molar-refractivity contribution in [3.63, 3.8) is 0 Å². The van der Waals surface area contributed by atoms with E-state index in [2.05, 4.69) is 20.1 Å². The fraction of sp³-hybridized carbons (Fsp3) is 0.333. The molecule has 27 heavy (non-hydrogen) atoms. The van der Waals surface area contributed by atoms with Crippen LogP contribution in [0.4, 0.5) is 13.2 Å². The Hall–Kier alpha value is -2.81. The van der Waals surface area contributed by atoms with E-state index in [4.69, 9.17) is 0 Å². The molecule has 0 aliphatic carbocycles. The van der Waals surface area contributed by atoms with Gasteiger partial charge in [-0.1, -0.05) is 26.8 Å². The average Bonchev–Trinajstić information content (AvgIpc) is 3.16. The zero-order chi connectivity index (χ0) is 20.0. The zero-order valence-electron chi connectivity index (χ0n) is 15.1. The van der Waals surface area contributed by atoms with Crippen LogP contribution in [0.2, 0.25) is 0 Å². The highest BCUT2D eigenvalue weighted by atomic mass is 19.1. The molecule has 2 heterocycles. The number of benzene rings is 1. The van der Waals surface area contributed by atoms with Crippen LogP contribution in [0, 0.1) is 17.5 Å². The molecule has 0 aliphatic rings. The van der Waals surface area contributed by atoms with Crippen LogP contribution in [0.3, 0.4) is 0 Å². The molecule has 0 radical (unpaired) electrons. The summed E-state index contributed by atoms with van der Waals surface area (Å²) in [6.07, 6.45) is 4.66. The number of rotatable bonds is 5. The standard InChI is InChI=1S/C16H14F3N5O.C2H6/c1-10(15-14(19)5-20-7-22-15)16(25,6-24-9-21-8-23-24)12-3-2-11(17)4-13(12)18;1-2/h2-5,7-10,25H,6H2,1H3;1-2H3/t10?,16-;/m1./s1. The molecular weight excluding hydrogens is 359 g/mol. The molecule has 2 aromatic heterocycles. The van der Waals surface area contributed by atoms with E-state index in [0.29, 0.717) is 6.07 Å². The van der Waals surface area contributed by atoms with Crippen molar-refractivity contribution < 1.29 is 18.3 Å². The molecule has 2 atom stereocenters. The van der Waals surface area contributed by atoms with Crippen molar-refractivity contribution in [2.75, 3.05) is 0 Å². The molecule has 144 valence electrons. The Morgan fingerprint density at radius 2 is 1.85 bits per heavy atom. The molecule has 0 spiro atoms. The Bertz CT molecular complexity index is 875. The van der Waals surface area contributed by atoms with Crippen LogP contribution in [-0.4, -0.2) is 29.8 Å². The van der Waals surface area contributed by atoms with Crippen molar-refractivity contribution in [1.82, 2.24) is 24.7 Å². The number of aromatic nitrogens is 5. The van der Waals surface area contributed by atoms with E-state index in [1.807, 2.05) is 13.8 Å². The van der Waals surface area contributed by atoms with E-state index in [1.165, 1.54) is 24.3 Å². The molecule has 1 N–H and O–H groups in total. The smallest absolute Gasteiger partial charge is 0.163 e. The van der Waals surface area contributed by atoms with Gasteiger partial charge < -0.3 is 5.11 Å². The normalized spacial score (nSPS) is 14.0. The second-order valence-electron chi connectivity index (χ2n) is 5.62. The maximum absolute atomic E-state index is 14.4. The third kappa shape index (κ3) is 4.30. The first-order chi connectivity index (χ1) is 12.9. The van der Waals surface area contributed by atoms with Crippen LogP contribution >= 0.6 is 0 Å². The lowest BCUT2D eigenvalue weighted by Crippen LogP contribution is -2.39. The maximum Gasteiger partial charge on any atom is 0.163 e. The summed E-state index contributed by atoms with van der Waals surface area (Å²) in [6.45, 7) is 5.26. The van der Waals surface area contributed by atoms with Crippen molar-refractivity contribution in [2.45, 2.75) is 38.8 Å². The van der Waals surface area contributed by atoms with E-state index in [-0.39, 0.29) is 17.8 Å². The van der Waals surface area contributed by atoms with E-state index in [9.17, 15) is 18.3 Å². The highest BCUT2D eigenvalue weighted by Crippen LogP contribution is 2.39. The van der Waals surface area contributed by atoms with E-state index >= 15 is 0 Å². The second-order valence-corrected chi connectivity index (χ2v) is 5.62. The number of aliphatic hydroxyl groups is 1. The van der Waals surface area contributed by atoms with Crippen molar-refractivity contribution >= 4 is 0 Å². The van der Waals surface area contributed by atoms with Crippen LogP contribution in [0.5, 0.6) is 0 Å². The topological polar surface area (TPSA) is 76.7 Å². The van der Waals surface area contributed by atoms with Gasteiger partial charge >= 0.3 is 0 Å². The van der Waals surface area contributed by atoms with Crippen LogP contribution in [0.15, 0.2) is 43.4 Å². The molecule has 3 aromatic rings. The molecule has 0 amide bonds. The highest BCUT2D eigenvalue weighted by molar-refractivity contribution is 5.30. The number of hydrogen-bond acceptors (Lipinski definition) is 5. The summed E-state index contributed by atoms with van der Waals surface area (Å²) in [4.78, 5) is 11.2. The molecular formula is C18H20F3N5O. The van der Waals surface area contributed by atoms with Crippen LogP contribution in [0.25, 0.3) is 0 Å². The number of halogens is 3. The first-order valence-electron chi connectivity index (χ1n) is 8.37. The van der Waals surface area contributed by atoms with Crippen molar-refractivity contribution in [1.29, 1.82) is 0 Å². The van der Waals surface area contributed by atoms with Crippen molar-refractivity contribution in [2.24, 2.45) is 0 Å². The lowest BCUT2D eigenvalue weighted by atomic mass is 9.79. The molecule has 0 aliphatic heterocycles. The Labute approximate surface area is 154 Å². The third-order valence-corrected chi connectivity index (χ3v) is 4.09. The summed E-state index contributed by atoms with van der Waals surface area (Å²) in [5, 5.41) is 15.2. The second kappa shape index (κ2) is 8.72. The molecule has 9 heteroatoms. The SMILES string of the molecule is CC.CC(c1ncncc1F)[C@](O)(Cn1cncn1)c1ccc(F)cc1F. The Morgan fingerprint density at radius 1 is 1.11 bits per heavy atom. The molecule has 0 fully saturated rings. The molecule has 6 nitrogen and oxygen atoms in total. The minimum atomic E-state index is -1.96. The fourth-order valence-corrected chi connectivity index (χ4v) is 2.72. The lowest BCUT2D eigenvalue weighted by molar-refractivity contribution is -0.0133. The zero-order valence-corrected chi connectivity index (χ0v) is 15.1. The van der Waals surface area contributed by atoms with Gasteiger partial charge in [0.2, 0.25) is 0 Å². The quantitative estimate of drug-likeness (QED) is 0.737. The molecule has 0 saturated carbocycles. The van der Waals surface area contributed by atoms with Gasteiger partial charge in [0, 0.05) is 17.5 Å². The molecule has 1 aromatic carbocycles. The van der Waals surface area contributed by atoms with Crippen LogP contribution in [0.1, 0.15) is 37.9 Å². The van der Waals surface area contributed by atoms with Gasteiger partial charge in [0.25, 0.3) is 0 Å². The van der Waals surface area contributed by atoms with E-state index in [0.717, 1.165) is 24.7 Å². The first-order valence-corrected chi connectivity index (χ1v) is 8.37. The molecule has 0 bridgehead atoms. The summed E-state index contributed by atoms with van der Waals surface area (Å²) in [7, 11) is 0. The van der Waals surface area contributed by atoms with Gasteiger partial charge in [-0.05, 0) is 6.07 Å². The van der Waals surface area contributed by atoms with Gasteiger partial charge in [0.1, 0.15) is 36.2 Å². The summed E-state index contributed by atoms with van der Waals surface area (Å²) < 4.78 is 43.0. The fourth-order valence-electron chi connectivity index (χ4n) is 2.72. The molecule has 1 unspecified atom stereocenters. The van der Waals surface area contributed by atoms with Crippen LogP contribution in [-0.2, 0) is 12.1 Å². The average molecular weight is 379 g/mol. The van der Waals surface area contributed by atoms with Gasteiger partial charge in [-0.25, -0.2) is 32.8 Å². The first kappa shape index (κ1) is 20.5. The van der Waals surface area contributed by atoms with Gasteiger partial charge in [0.05, 0.1) is 18.4 Å². The predicted octanol–water partition coefficient (Wildman–Crippen LogP) is 3.20. The summed E-state index contributed by atoms with van der Waals surface area (Å²) in [5.74, 6) is -3.47. The van der Waals surface area contributed by atoms with Gasteiger partial charge in [-0.15, -0.1) is 0 Å². The third-order valence-electron chi connectivity index (χ3n) is 4.09. The minimum Gasteiger partial charge on any atom is -0.382 e. The van der Waals surface area contributed by atoms with Gasteiger partial charge in [-0.2, -0.15) is 5.10 Å². The number of hydrogen-bond donors (Lipinski definition) is 1. The van der Waals surface area contributed by atoms with Gasteiger partial charge in [0.15, 0.2) is 5.82 Å². The Morgan fingerprint density at radius 3 is 2.44 bits per heavy atom. The predicted molar refractivity (Wildman–Crippen MR) is 92.0 cm³/mol. The minimum absolute atomic E-state index is 0.0960. The Kier molecular flexibility index (Phi) is 6.62. The summed E-state index contributed by atoms with van der Waals surface area (Å²) >= 11 is 0. The lowest BCUT2D eigenvalue weighted by Gasteiger charge is -2.34. The van der Waals surface area contributed by atoms with Crippen molar-refractivity contribution in [3.05, 3.63) is 72.1 Å². The Balaban J connectivity index is 0.00000126. The van der Waals surface area contributed by atoms with E-state index < -0.39 is 29.0 Å². The van der Waals surface area contributed by atoms with E-state index in [1.54, 1.807) is 0 Å². The molecule has 3 rings (SSSR count). The summed E-state index contributed by atoms with van der Waals surface area (Å²) in [5.41, 5.74) is -2.25. The van der Waals surface area contributed by atoms with Crippen LogP contribution < -0.4 is 0 Å². The highest BCUT2D eigenvalue weighted by Gasteiger charge is 2.41. The molecule has 0 saturated heterocycles.